The Bertz CT molecular complexity index is 590. The zero-order valence-corrected chi connectivity index (χ0v) is 12.5. The Morgan fingerprint density at radius 3 is 2.79 bits per heavy atom. The van der Waals surface area contributed by atoms with E-state index in [4.69, 9.17) is 4.52 Å². The molecule has 6 heteroatoms. The van der Waals surface area contributed by atoms with Gasteiger partial charge in [-0.05, 0) is 48.8 Å². The molecule has 0 aromatic carbocycles. The van der Waals surface area contributed by atoms with Crippen LogP contribution in [-0.4, -0.2) is 16.0 Å². The highest BCUT2D eigenvalue weighted by Crippen LogP contribution is 2.22. The first-order valence-corrected chi connectivity index (χ1v) is 6.64. The highest BCUT2D eigenvalue weighted by molar-refractivity contribution is 9.10. The molecule has 2 rings (SSSR count). The maximum absolute atomic E-state index is 12.1. The standard InChI is InChI=1S/C13H14BrN3O2/c1-7(11-8(2)17-19-9(11)3)16-13(18)12-10(14)5-4-6-15-12/h4-7H,1-3H3,(H,16,18)/t7-/m0/s1. The molecule has 1 amide bonds. The smallest absolute Gasteiger partial charge is 0.271 e. The number of halogens is 1. The largest absolute Gasteiger partial charge is 0.361 e. The first-order chi connectivity index (χ1) is 9.00. The molecule has 0 saturated carbocycles. The van der Waals surface area contributed by atoms with Crippen molar-refractivity contribution in [2.45, 2.75) is 26.8 Å². The lowest BCUT2D eigenvalue weighted by Gasteiger charge is -2.13. The summed E-state index contributed by atoms with van der Waals surface area (Å²) < 4.78 is 5.77. The highest BCUT2D eigenvalue weighted by Gasteiger charge is 2.20. The number of nitrogens with zero attached hydrogens (tertiary/aromatic N) is 2. The zero-order valence-electron chi connectivity index (χ0n) is 10.9. The van der Waals surface area contributed by atoms with Crippen molar-refractivity contribution >= 4 is 21.8 Å². The molecule has 1 N–H and O–H groups in total. The lowest BCUT2D eigenvalue weighted by atomic mass is 10.1. The van der Waals surface area contributed by atoms with Crippen LogP contribution < -0.4 is 5.32 Å². The molecule has 1 atom stereocenters. The van der Waals surface area contributed by atoms with Crippen LogP contribution in [-0.2, 0) is 0 Å². The van der Waals surface area contributed by atoms with E-state index in [-0.39, 0.29) is 11.9 Å². The SMILES string of the molecule is Cc1noc(C)c1[C@H](C)NC(=O)c1ncccc1Br. The van der Waals surface area contributed by atoms with Gasteiger partial charge in [0.05, 0.1) is 11.7 Å². The van der Waals surface area contributed by atoms with Crippen LogP contribution in [0, 0.1) is 13.8 Å². The Morgan fingerprint density at radius 2 is 2.21 bits per heavy atom. The molecule has 0 fully saturated rings. The molecule has 0 unspecified atom stereocenters. The minimum Gasteiger partial charge on any atom is -0.361 e. The molecular formula is C13H14BrN3O2. The monoisotopic (exact) mass is 323 g/mol. The van der Waals surface area contributed by atoms with E-state index in [0.29, 0.717) is 15.9 Å². The topological polar surface area (TPSA) is 68.0 Å². The van der Waals surface area contributed by atoms with Gasteiger partial charge < -0.3 is 9.84 Å². The number of nitrogens with one attached hydrogen (secondary N) is 1. The lowest BCUT2D eigenvalue weighted by Crippen LogP contribution is -2.28. The summed E-state index contributed by atoms with van der Waals surface area (Å²) in [6.45, 7) is 5.57. The molecule has 2 aromatic heterocycles. The van der Waals surface area contributed by atoms with Gasteiger partial charge in [0.1, 0.15) is 11.5 Å². The Morgan fingerprint density at radius 1 is 1.47 bits per heavy atom. The first kappa shape index (κ1) is 13.7. The summed E-state index contributed by atoms with van der Waals surface area (Å²) in [6, 6.07) is 3.36. The Hall–Kier alpha value is -1.69. The van der Waals surface area contributed by atoms with Crippen LogP contribution in [0.5, 0.6) is 0 Å². The van der Waals surface area contributed by atoms with Crippen LogP contribution >= 0.6 is 15.9 Å². The van der Waals surface area contributed by atoms with Gasteiger partial charge in [-0.1, -0.05) is 5.16 Å². The van der Waals surface area contributed by atoms with Gasteiger partial charge in [0.15, 0.2) is 0 Å². The van der Waals surface area contributed by atoms with E-state index in [1.54, 1.807) is 18.3 Å². The number of carbonyl (C=O) groups excluding carboxylic acids is 1. The van der Waals surface area contributed by atoms with Crippen LogP contribution in [0.4, 0.5) is 0 Å². The maximum Gasteiger partial charge on any atom is 0.271 e. The molecule has 0 radical (unpaired) electrons. The molecule has 2 aromatic rings. The minimum atomic E-state index is -0.236. The van der Waals surface area contributed by atoms with Crippen molar-refractivity contribution in [3.63, 3.8) is 0 Å². The molecular weight excluding hydrogens is 310 g/mol. The molecule has 100 valence electrons. The molecule has 0 spiro atoms. The summed E-state index contributed by atoms with van der Waals surface area (Å²) in [4.78, 5) is 16.2. The first-order valence-electron chi connectivity index (χ1n) is 5.85. The van der Waals surface area contributed by atoms with Gasteiger partial charge in [-0.25, -0.2) is 4.98 Å². The fourth-order valence-electron chi connectivity index (χ4n) is 2.00. The second-order valence-corrected chi connectivity index (χ2v) is 5.12. The van der Waals surface area contributed by atoms with Gasteiger partial charge in [-0.15, -0.1) is 0 Å². The second-order valence-electron chi connectivity index (χ2n) is 4.27. The molecule has 2 heterocycles. The van der Waals surface area contributed by atoms with Crippen LogP contribution in [0.15, 0.2) is 27.3 Å². The number of pyridine rings is 1. The third kappa shape index (κ3) is 2.84. The number of carbonyl (C=O) groups is 1. The van der Waals surface area contributed by atoms with Gasteiger partial charge in [0.2, 0.25) is 0 Å². The van der Waals surface area contributed by atoms with Crippen molar-refractivity contribution in [1.82, 2.24) is 15.5 Å². The summed E-state index contributed by atoms with van der Waals surface area (Å²) in [5, 5.41) is 6.77. The van der Waals surface area contributed by atoms with Gasteiger partial charge in [0, 0.05) is 16.2 Å². The quantitative estimate of drug-likeness (QED) is 0.942. The summed E-state index contributed by atoms with van der Waals surface area (Å²) in [6.07, 6.45) is 1.58. The summed E-state index contributed by atoms with van der Waals surface area (Å²) in [5.74, 6) is 0.477. The van der Waals surface area contributed by atoms with Gasteiger partial charge >= 0.3 is 0 Å². The minimum absolute atomic E-state index is 0.187. The molecule has 5 nitrogen and oxygen atoms in total. The number of hydrogen-bond donors (Lipinski definition) is 1. The predicted molar refractivity (Wildman–Crippen MR) is 73.8 cm³/mol. The predicted octanol–water partition coefficient (Wildman–Crippen LogP) is 2.94. The normalized spacial score (nSPS) is 12.2. The fourth-order valence-corrected chi connectivity index (χ4v) is 2.43. The number of aromatic nitrogens is 2. The van der Waals surface area contributed by atoms with E-state index >= 15 is 0 Å². The van der Waals surface area contributed by atoms with Crippen molar-refractivity contribution in [3.05, 3.63) is 45.5 Å². The van der Waals surface area contributed by atoms with Crippen LogP contribution in [0.25, 0.3) is 0 Å². The fraction of sp³-hybridized carbons (Fsp3) is 0.308. The van der Waals surface area contributed by atoms with Crippen LogP contribution in [0.1, 0.15) is 40.5 Å². The highest BCUT2D eigenvalue weighted by atomic mass is 79.9. The average molecular weight is 324 g/mol. The summed E-state index contributed by atoms with van der Waals surface area (Å²) in [7, 11) is 0. The molecule has 0 aliphatic rings. The van der Waals surface area contributed by atoms with Crippen LogP contribution in [0.2, 0.25) is 0 Å². The van der Waals surface area contributed by atoms with Gasteiger partial charge in [-0.3, -0.25) is 4.79 Å². The van der Waals surface area contributed by atoms with E-state index in [0.717, 1.165) is 11.3 Å². The number of rotatable bonds is 3. The third-order valence-electron chi connectivity index (χ3n) is 2.84. The van der Waals surface area contributed by atoms with E-state index in [2.05, 4.69) is 31.4 Å². The Kier molecular flexibility index (Phi) is 3.99. The van der Waals surface area contributed by atoms with Crippen LogP contribution in [0.3, 0.4) is 0 Å². The molecule has 0 saturated heterocycles. The van der Waals surface area contributed by atoms with E-state index in [1.165, 1.54) is 0 Å². The van der Waals surface area contributed by atoms with Crippen molar-refractivity contribution in [3.8, 4) is 0 Å². The van der Waals surface area contributed by atoms with E-state index in [1.807, 2.05) is 20.8 Å². The van der Waals surface area contributed by atoms with Gasteiger partial charge in [0.25, 0.3) is 5.91 Å². The van der Waals surface area contributed by atoms with Crippen molar-refractivity contribution in [1.29, 1.82) is 0 Å². The van der Waals surface area contributed by atoms with Crippen molar-refractivity contribution < 1.29 is 9.32 Å². The molecule has 19 heavy (non-hydrogen) atoms. The zero-order chi connectivity index (χ0) is 14.0. The summed E-state index contributed by atoms with van der Waals surface area (Å²) in [5.41, 5.74) is 2.05. The Balaban J connectivity index is 2.18. The van der Waals surface area contributed by atoms with Gasteiger partial charge in [-0.2, -0.15) is 0 Å². The van der Waals surface area contributed by atoms with Crippen molar-refractivity contribution in [2.75, 3.05) is 0 Å². The third-order valence-corrected chi connectivity index (χ3v) is 3.48. The van der Waals surface area contributed by atoms with E-state index < -0.39 is 0 Å². The molecule has 0 aliphatic carbocycles. The number of hydrogen-bond acceptors (Lipinski definition) is 4. The Labute approximate surface area is 119 Å². The number of aryl methyl sites for hydroxylation is 2. The lowest BCUT2D eigenvalue weighted by molar-refractivity contribution is 0.0934. The molecule has 0 bridgehead atoms. The molecule has 0 aliphatic heterocycles. The summed E-state index contributed by atoms with van der Waals surface area (Å²) >= 11 is 3.31. The number of amides is 1. The van der Waals surface area contributed by atoms with E-state index in [9.17, 15) is 4.79 Å². The maximum atomic E-state index is 12.1. The average Bonchev–Trinajstić information content (AvgIpc) is 2.69. The second kappa shape index (κ2) is 5.52. The van der Waals surface area contributed by atoms with Crippen molar-refractivity contribution in [2.24, 2.45) is 0 Å².